The Kier molecular flexibility index (Phi) is 19.1. The van der Waals surface area contributed by atoms with E-state index in [9.17, 15) is 19.2 Å². The van der Waals surface area contributed by atoms with Gasteiger partial charge in [0.05, 0.1) is 22.3 Å². The second-order valence-electron chi connectivity index (χ2n) is 15.9. The number of halogens is 2. The molecular formula is C53H58F2O8. The van der Waals surface area contributed by atoms with Crippen molar-refractivity contribution in [3.8, 4) is 23.0 Å². The third-order valence-corrected chi connectivity index (χ3v) is 10.9. The highest BCUT2D eigenvalue weighted by Gasteiger charge is 2.22. The van der Waals surface area contributed by atoms with Crippen LogP contribution in [0.3, 0.4) is 0 Å². The van der Waals surface area contributed by atoms with E-state index in [4.69, 9.17) is 18.9 Å². The Morgan fingerprint density at radius 3 is 1.16 bits per heavy atom. The van der Waals surface area contributed by atoms with Gasteiger partial charge in [-0.2, -0.15) is 0 Å². The zero-order valence-corrected chi connectivity index (χ0v) is 36.7. The van der Waals surface area contributed by atoms with Crippen molar-refractivity contribution in [2.24, 2.45) is 0 Å². The maximum Gasteiger partial charge on any atom is 0.346 e. The van der Waals surface area contributed by atoms with Crippen LogP contribution in [-0.4, -0.2) is 23.9 Å². The smallest absolute Gasteiger partial charge is 0.346 e. The molecule has 0 amide bonds. The summed E-state index contributed by atoms with van der Waals surface area (Å²) in [4.78, 5) is 51.7. The van der Waals surface area contributed by atoms with Gasteiger partial charge in [-0.15, -0.1) is 0 Å². The van der Waals surface area contributed by atoms with E-state index in [1.54, 1.807) is 24.3 Å². The molecule has 10 heteroatoms. The minimum absolute atomic E-state index is 0.0378. The second-order valence-corrected chi connectivity index (χ2v) is 15.9. The summed E-state index contributed by atoms with van der Waals surface area (Å²) < 4.78 is 52.0. The molecule has 0 aliphatic heterocycles. The Bertz CT molecular complexity index is 2130. The van der Waals surface area contributed by atoms with Crippen molar-refractivity contribution in [3.63, 3.8) is 0 Å². The molecule has 63 heavy (non-hydrogen) atoms. The summed E-state index contributed by atoms with van der Waals surface area (Å²) in [6.07, 6.45) is 18.9. The van der Waals surface area contributed by atoms with Gasteiger partial charge in [0.25, 0.3) is 0 Å². The predicted molar refractivity (Wildman–Crippen MR) is 240 cm³/mol. The minimum Gasteiger partial charge on any atom is -0.423 e. The average molecular weight is 861 g/mol. The topological polar surface area (TPSA) is 105 Å². The highest BCUT2D eigenvalue weighted by molar-refractivity contribution is 5.94. The van der Waals surface area contributed by atoms with E-state index in [1.165, 1.54) is 114 Å². The number of benzene rings is 5. The molecular weight excluding hydrogens is 803 g/mol. The molecule has 0 aromatic heterocycles. The van der Waals surface area contributed by atoms with Gasteiger partial charge >= 0.3 is 23.9 Å². The molecule has 332 valence electrons. The zero-order valence-electron chi connectivity index (χ0n) is 36.7. The molecule has 0 saturated heterocycles. The molecule has 8 nitrogen and oxygen atoms in total. The number of carbonyl (C=O) groups excluding carboxylic acids is 4. The number of aryl methyl sites for hydroxylation is 2. The fourth-order valence-electron chi connectivity index (χ4n) is 7.09. The van der Waals surface area contributed by atoms with Crippen LogP contribution in [0, 0.1) is 18.6 Å². The van der Waals surface area contributed by atoms with Crippen LogP contribution in [0.2, 0.25) is 0 Å². The normalized spacial score (nSPS) is 10.9. The molecule has 0 fully saturated rings. The van der Waals surface area contributed by atoms with Gasteiger partial charge in [0.1, 0.15) is 34.6 Å². The van der Waals surface area contributed by atoms with Crippen LogP contribution in [0.5, 0.6) is 23.0 Å². The molecule has 0 unspecified atom stereocenters. The molecule has 0 radical (unpaired) electrons. The van der Waals surface area contributed by atoms with Crippen LogP contribution < -0.4 is 18.9 Å². The summed E-state index contributed by atoms with van der Waals surface area (Å²) in [5, 5.41) is 0. The Hall–Kier alpha value is -6.16. The van der Waals surface area contributed by atoms with E-state index >= 15 is 8.78 Å². The molecule has 0 N–H and O–H groups in total. The minimum atomic E-state index is -1.05. The Morgan fingerprint density at radius 1 is 0.429 bits per heavy atom. The van der Waals surface area contributed by atoms with E-state index in [-0.39, 0.29) is 28.6 Å². The van der Waals surface area contributed by atoms with E-state index < -0.39 is 46.6 Å². The van der Waals surface area contributed by atoms with Crippen LogP contribution >= 0.6 is 0 Å². The first-order valence-electron chi connectivity index (χ1n) is 22.3. The standard InChI is InChI=1S/C53H58F2O8/c1-4-6-8-10-12-14-16-19-38-23-27-40(28-24-38)50(56)60-42-31-33-44(46(54)35-42)52(58)62-48-21-18-22-49(37(48)3)63-53(59)45-34-32-43(36-47(45)55)61-51(57)41-29-25-39(26-30-41)20-17-15-13-11-9-7-5-2/h18,21-36H,4-17,19-20H2,1-3H3. The molecule has 0 aliphatic rings. The van der Waals surface area contributed by atoms with Crippen LogP contribution in [0.1, 0.15) is 162 Å². The van der Waals surface area contributed by atoms with Crippen molar-refractivity contribution in [1.29, 1.82) is 0 Å². The third kappa shape index (κ3) is 15.0. The lowest BCUT2D eigenvalue weighted by molar-refractivity contribution is 0.0719. The first-order valence-corrected chi connectivity index (χ1v) is 22.3. The Morgan fingerprint density at radius 2 is 0.794 bits per heavy atom. The largest absolute Gasteiger partial charge is 0.423 e. The third-order valence-electron chi connectivity index (χ3n) is 10.9. The molecule has 0 heterocycles. The van der Waals surface area contributed by atoms with Crippen molar-refractivity contribution in [2.75, 3.05) is 0 Å². The van der Waals surface area contributed by atoms with Gasteiger partial charge in [-0.3, -0.25) is 0 Å². The molecule has 0 atom stereocenters. The molecule has 5 aromatic carbocycles. The van der Waals surface area contributed by atoms with Crippen LogP contribution in [-0.2, 0) is 12.8 Å². The molecule has 0 spiro atoms. The zero-order chi connectivity index (χ0) is 45.0. The molecule has 0 bridgehead atoms. The van der Waals surface area contributed by atoms with Gasteiger partial charge in [-0.25, -0.2) is 28.0 Å². The van der Waals surface area contributed by atoms with Crippen LogP contribution in [0.4, 0.5) is 8.78 Å². The summed E-state index contributed by atoms with van der Waals surface area (Å²) in [7, 11) is 0. The lowest BCUT2D eigenvalue weighted by atomic mass is 10.0. The molecule has 0 saturated carbocycles. The van der Waals surface area contributed by atoms with Gasteiger partial charge in [0.2, 0.25) is 0 Å². The number of rotatable bonds is 24. The van der Waals surface area contributed by atoms with E-state index in [2.05, 4.69) is 13.8 Å². The summed E-state index contributed by atoms with van der Waals surface area (Å²) in [5.41, 5.74) is 2.22. The first kappa shape index (κ1) is 47.9. The van der Waals surface area contributed by atoms with Crippen molar-refractivity contribution in [1.82, 2.24) is 0 Å². The van der Waals surface area contributed by atoms with Gasteiger partial charge in [-0.1, -0.05) is 121 Å². The van der Waals surface area contributed by atoms with Gasteiger partial charge in [0, 0.05) is 17.7 Å². The Balaban J connectivity index is 1.10. The average Bonchev–Trinajstić information content (AvgIpc) is 3.27. The molecule has 5 rings (SSSR count). The Labute approximate surface area is 369 Å². The van der Waals surface area contributed by atoms with E-state index in [0.717, 1.165) is 61.1 Å². The summed E-state index contributed by atoms with van der Waals surface area (Å²) in [6, 6.07) is 25.3. The molecule has 0 aliphatic carbocycles. The van der Waals surface area contributed by atoms with Crippen molar-refractivity contribution in [2.45, 2.75) is 124 Å². The lowest BCUT2D eigenvalue weighted by Gasteiger charge is -2.13. The fourth-order valence-corrected chi connectivity index (χ4v) is 7.09. The summed E-state index contributed by atoms with van der Waals surface area (Å²) in [5.74, 6) is -5.66. The van der Waals surface area contributed by atoms with Crippen molar-refractivity contribution < 1.29 is 46.9 Å². The van der Waals surface area contributed by atoms with Crippen molar-refractivity contribution >= 4 is 23.9 Å². The number of ether oxygens (including phenoxy) is 4. The van der Waals surface area contributed by atoms with Gasteiger partial charge in [0.15, 0.2) is 0 Å². The summed E-state index contributed by atoms with van der Waals surface area (Å²) >= 11 is 0. The van der Waals surface area contributed by atoms with Crippen molar-refractivity contribution in [3.05, 3.63) is 154 Å². The van der Waals surface area contributed by atoms with Gasteiger partial charge in [-0.05, 0) is 104 Å². The quantitative estimate of drug-likeness (QED) is 0.0343. The fraction of sp³-hybridized carbons (Fsp3) is 0.358. The van der Waals surface area contributed by atoms with E-state index in [0.29, 0.717) is 11.1 Å². The van der Waals surface area contributed by atoms with Crippen LogP contribution in [0.15, 0.2) is 103 Å². The maximum absolute atomic E-state index is 15.2. The SMILES string of the molecule is CCCCCCCCCc1ccc(C(=O)Oc2ccc(C(=O)Oc3cccc(OC(=O)c4ccc(OC(=O)c5ccc(CCCCCCCCC)cc5)cc4F)c3C)c(F)c2)cc1. The molecule has 5 aromatic rings. The first-order chi connectivity index (χ1) is 30.6. The number of unbranched alkanes of at least 4 members (excludes halogenated alkanes) is 12. The predicted octanol–water partition coefficient (Wildman–Crippen LogP) is 13.7. The second kappa shape index (κ2) is 25.1. The summed E-state index contributed by atoms with van der Waals surface area (Å²) in [6.45, 7) is 5.92. The van der Waals surface area contributed by atoms with Gasteiger partial charge < -0.3 is 18.9 Å². The highest BCUT2D eigenvalue weighted by Crippen LogP contribution is 2.30. The number of esters is 4. The van der Waals surface area contributed by atoms with Crippen LogP contribution in [0.25, 0.3) is 0 Å². The lowest BCUT2D eigenvalue weighted by Crippen LogP contribution is -2.14. The van der Waals surface area contributed by atoms with E-state index in [1.807, 2.05) is 24.3 Å². The number of hydrogen-bond acceptors (Lipinski definition) is 8. The number of hydrogen-bond donors (Lipinski definition) is 0. The highest BCUT2D eigenvalue weighted by atomic mass is 19.1. The number of carbonyl (C=O) groups is 4. The maximum atomic E-state index is 15.2. The monoisotopic (exact) mass is 860 g/mol.